The molecule has 0 radical (unpaired) electrons. The zero-order valence-corrected chi connectivity index (χ0v) is 23.0. The number of ether oxygens (including phenoxy) is 1. The molecule has 3 rings (SSSR count). The van der Waals surface area contributed by atoms with E-state index in [1.165, 1.54) is 6.20 Å². The molecule has 2 amide bonds. The first-order valence-corrected chi connectivity index (χ1v) is 12.3. The monoisotopic (exact) mass is 517 g/mol. The molecule has 0 saturated carbocycles. The smallest absolute Gasteiger partial charge is 0.410 e. The molecule has 0 aliphatic carbocycles. The number of nitrogens with one attached hydrogen (secondary N) is 1. The molecule has 37 heavy (non-hydrogen) atoms. The second-order valence-electron chi connectivity index (χ2n) is 10.4. The molecule has 1 fully saturated rings. The van der Waals surface area contributed by atoms with Crippen molar-refractivity contribution in [3.05, 3.63) is 17.8 Å². The third kappa shape index (κ3) is 8.12. The fraction of sp³-hybridized carbons (Fsp3) is 0.625. The zero-order valence-electron chi connectivity index (χ0n) is 23.0. The Bertz CT molecular complexity index is 1110. The van der Waals surface area contributed by atoms with Crippen LogP contribution in [0.5, 0.6) is 0 Å². The van der Waals surface area contributed by atoms with Gasteiger partial charge in [-0.05, 0) is 33.6 Å². The summed E-state index contributed by atoms with van der Waals surface area (Å²) in [5.41, 5.74) is 13.9. The van der Waals surface area contributed by atoms with Crippen LogP contribution in [0.25, 0.3) is 11.6 Å². The SMILES string of the molecule is CC.CC(C)(C)OC(=O)N1CCC(C(=O)N/N=C(\N)c2cnc(N)c(-c3nnc(C(C)(C)C)o3)n2)CC1. The molecular weight excluding hydrogens is 478 g/mol. The zero-order chi connectivity index (χ0) is 28.0. The molecule has 1 aliphatic rings. The first kappa shape index (κ1) is 29.5. The van der Waals surface area contributed by atoms with Crippen LogP contribution in [-0.2, 0) is 14.9 Å². The molecule has 0 spiro atoms. The summed E-state index contributed by atoms with van der Waals surface area (Å²) < 4.78 is 11.1. The quantitative estimate of drug-likeness (QED) is 0.309. The molecule has 0 aromatic carbocycles. The van der Waals surface area contributed by atoms with E-state index >= 15 is 0 Å². The number of hydrogen-bond acceptors (Lipinski definition) is 10. The number of likely N-dealkylation sites (tertiary alicyclic amines) is 1. The van der Waals surface area contributed by atoms with Crippen molar-refractivity contribution < 1.29 is 18.7 Å². The average Bonchev–Trinajstić information content (AvgIpc) is 3.34. The Morgan fingerprint density at radius 3 is 2.30 bits per heavy atom. The van der Waals surface area contributed by atoms with Crippen LogP contribution in [0.1, 0.15) is 79.8 Å². The maximum absolute atomic E-state index is 12.6. The first-order chi connectivity index (χ1) is 17.2. The van der Waals surface area contributed by atoms with Gasteiger partial charge in [0.15, 0.2) is 17.3 Å². The van der Waals surface area contributed by atoms with Crippen LogP contribution in [0.2, 0.25) is 0 Å². The summed E-state index contributed by atoms with van der Waals surface area (Å²) in [5.74, 6) is -0.0546. The molecule has 5 N–H and O–H groups in total. The highest BCUT2D eigenvalue weighted by molar-refractivity contribution is 5.96. The third-order valence-electron chi connectivity index (χ3n) is 5.14. The molecule has 13 heteroatoms. The van der Waals surface area contributed by atoms with Gasteiger partial charge in [0.05, 0.1) is 6.20 Å². The highest BCUT2D eigenvalue weighted by Crippen LogP contribution is 2.26. The number of aromatic nitrogens is 4. The van der Waals surface area contributed by atoms with Gasteiger partial charge in [-0.25, -0.2) is 20.2 Å². The number of nitrogens with zero attached hydrogens (tertiary/aromatic N) is 6. The molecule has 2 aromatic rings. The van der Waals surface area contributed by atoms with Gasteiger partial charge in [-0.2, -0.15) is 5.10 Å². The number of amides is 2. The van der Waals surface area contributed by atoms with Crippen molar-refractivity contribution in [1.82, 2.24) is 30.5 Å². The van der Waals surface area contributed by atoms with Crippen LogP contribution in [0.3, 0.4) is 0 Å². The number of amidine groups is 1. The van der Waals surface area contributed by atoms with E-state index in [1.54, 1.807) is 4.90 Å². The number of nitrogen functional groups attached to an aromatic ring is 1. The maximum Gasteiger partial charge on any atom is 0.410 e. The Labute approximate surface area is 217 Å². The number of carbonyl (C=O) groups is 2. The lowest BCUT2D eigenvalue weighted by molar-refractivity contribution is -0.126. The number of carbonyl (C=O) groups excluding carboxylic acids is 2. The Morgan fingerprint density at radius 1 is 1.14 bits per heavy atom. The van der Waals surface area contributed by atoms with Gasteiger partial charge < -0.3 is 25.5 Å². The second kappa shape index (κ2) is 12.0. The Morgan fingerprint density at radius 2 is 1.76 bits per heavy atom. The van der Waals surface area contributed by atoms with Gasteiger partial charge in [-0.1, -0.05) is 34.6 Å². The van der Waals surface area contributed by atoms with Crippen LogP contribution in [0, 0.1) is 5.92 Å². The number of nitrogens with two attached hydrogens (primary N) is 2. The summed E-state index contributed by atoms with van der Waals surface area (Å²) in [6, 6.07) is 0. The number of rotatable bonds is 4. The van der Waals surface area contributed by atoms with E-state index in [1.807, 2.05) is 55.4 Å². The van der Waals surface area contributed by atoms with Gasteiger partial charge in [0.1, 0.15) is 11.3 Å². The minimum Gasteiger partial charge on any atom is -0.444 e. The van der Waals surface area contributed by atoms with E-state index in [9.17, 15) is 9.59 Å². The molecule has 0 unspecified atom stereocenters. The van der Waals surface area contributed by atoms with Crippen molar-refractivity contribution in [2.75, 3.05) is 18.8 Å². The fourth-order valence-electron chi connectivity index (χ4n) is 3.22. The van der Waals surface area contributed by atoms with E-state index in [2.05, 4.69) is 30.7 Å². The summed E-state index contributed by atoms with van der Waals surface area (Å²) in [6.07, 6.45) is 1.93. The van der Waals surface area contributed by atoms with Gasteiger partial charge in [-0.15, -0.1) is 10.2 Å². The molecule has 1 saturated heterocycles. The fourth-order valence-corrected chi connectivity index (χ4v) is 3.22. The lowest BCUT2D eigenvalue weighted by Crippen LogP contribution is -2.44. The number of piperidine rings is 1. The van der Waals surface area contributed by atoms with E-state index in [-0.39, 0.29) is 52.3 Å². The topological polar surface area (TPSA) is 188 Å². The Hall–Kier alpha value is -3.77. The molecule has 0 bridgehead atoms. The van der Waals surface area contributed by atoms with E-state index in [4.69, 9.17) is 20.6 Å². The molecule has 204 valence electrons. The third-order valence-corrected chi connectivity index (χ3v) is 5.14. The minimum atomic E-state index is -0.569. The predicted octanol–water partition coefficient (Wildman–Crippen LogP) is 2.82. The summed E-state index contributed by atoms with van der Waals surface area (Å²) in [5, 5.41) is 12.0. The highest BCUT2D eigenvalue weighted by Gasteiger charge is 2.30. The molecule has 3 heterocycles. The Kier molecular flexibility index (Phi) is 9.54. The number of hydrazone groups is 1. The van der Waals surface area contributed by atoms with Crippen LogP contribution in [-0.4, -0.2) is 61.6 Å². The van der Waals surface area contributed by atoms with Crippen LogP contribution in [0.15, 0.2) is 15.7 Å². The van der Waals surface area contributed by atoms with Crippen LogP contribution >= 0.6 is 0 Å². The average molecular weight is 518 g/mol. The van der Waals surface area contributed by atoms with Gasteiger partial charge in [0, 0.05) is 24.4 Å². The van der Waals surface area contributed by atoms with Crippen molar-refractivity contribution in [3.8, 4) is 11.6 Å². The second-order valence-corrected chi connectivity index (χ2v) is 10.4. The van der Waals surface area contributed by atoms with Gasteiger partial charge >= 0.3 is 6.09 Å². The van der Waals surface area contributed by atoms with E-state index in [0.29, 0.717) is 31.8 Å². The largest absolute Gasteiger partial charge is 0.444 e. The van der Waals surface area contributed by atoms with Crippen LogP contribution < -0.4 is 16.9 Å². The first-order valence-electron chi connectivity index (χ1n) is 12.3. The molecule has 0 atom stereocenters. The molecular formula is C24H39N9O4. The van der Waals surface area contributed by atoms with Crippen molar-refractivity contribution in [1.29, 1.82) is 0 Å². The summed E-state index contributed by atoms with van der Waals surface area (Å²) >= 11 is 0. The lowest BCUT2D eigenvalue weighted by atomic mass is 9.96. The standard InChI is InChI=1S/C22H33N9O4.C2H6/c1-21(2,3)19-30-29-18(34-19)14-16(24)25-11-13(26-14)15(23)27-28-17(32)12-7-9-31(10-8-12)20(33)35-22(4,5)6;1-2/h11-12H,7-10H2,1-6H3,(H2,23,27)(H2,24,25)(H,28,32);1-2H3. The molecule has 1 aliphatic heterocycles. The summed E-state index contributed by atoms with van der Waals surface area (Å²) in [4.78, 5) is 34.8. The minimum absolute atomic E-state index is 0.0612. The van der Waals surface area contributed by atoms with Gasteiger partial charge in [-0.3, -0.25) is 4.79 Å². The van der Waals surface area contributed by atoms with Gasteiger partial charge in [0.2, 0.25) is 11.8 Å². The normalized spacial score (nSPS) is 15.0. The molecule has 2 aromatic heterocycles. The predicted molar refractivity (Wildman–Crippen MR) is 139 cm³/mol. The summed E-state index contributed by atoms with van der Waals surface area (Å²) in [6.45, 7) is 16.1. The van der Waals surface area contributed by atoms with E-state index in [0.717, 1.165) is 0 Å². The van der Waals surface area contributed by atoms with Gasteiger partial charge in [0.25, 0.3) is 5.89 Å². The van der Waals surface area contributed by atoms with Crippen LogP contribution in [0.4, 0.5) is 10.6 Å². The number of anilines is 1. The van der Waals surface area contributed by atoms with Crippen molar-refractivity contribution in [2.24, 2.45) is 16.8 Å². The van der Waals surface area contributed by atoms with Crippen molar-refractivity contribution >= 4 is 23.7 Å². The lowest BCUT2D eigenvalue weighted by Gasteiger charge is -2.32. The van der Waals surface area contributed by atoms with E-state index < -0.39 is 5.60 Å². The van der Waals surface area contributed by atoms with Crippen molar-refractivity contribution in [3.63, 3.8) is 0 Å². The number of hydrogen-bond donors (Lipinski definition) is 3. The van der Waals surface area contributed by atoms with Crippen molar-refractivity contribution in [2.45, 2.75) is 79.2 Å². The maximum atomic E-state index is 12.6. The Balaban J connectivity index is 0.00000235. The molecule has 13 nitrogen and oxygen atoms in total. The summed E-state index contributed by atoms with van der Waals surface area (Å²) in [7, 11) is 0. The highest BCUT2D eigenvalue weighted by atomic mass is 16.6.